The van der Waals surface area contributed by atoms with Gasteiger partial charge in [0.1, 0.15) is 5.82 Å². The maximum absolute atomic E-state index is 13.2. The van der Waals surface area contributed by atoms with Crippen LogP contribution in [0.15, 0.2) is 28.3 Å². The van der Waals surface area contributed by atoms with E-state index in [9.17, 15) is 4.39 Å². The predicted octanol–water partition coefficient (Wildman–Crippen LogP) is 1.52. The molecule has 1 aromatic heterocycles. The molecule has 2 rings (SSSR count). The Morgan fingerprint density at radius 1 is 1.47 bits per heavy atom. The third-order valence-electron chi connectivity index (χ3n) is 2.24. The molecule has 0 aliphatic rings. The Balaban J connectivity index is 2.36. The number of aromatic nitrogens is 4. The van der Waals surface area contributed by atoms with Crippen LogP contribution in [0.5, 0.6) is 0 Å². The molecule has 0 saturated heterocycles. The van der Waals surface area contributed by atoms with Crippen molar-refractivity contribution in [3.63, 3.8) is 0 Å². The van der Waals surface area contributed by atoms with Crippen molar-refractivity contribution in [2.24, 2.45) is 12.8 Å². The first-order valence-corrected chi connectivity index (χ1v) is 5.85. The summed E-state index contributed by atoms with van der Waals surface area (Å²) in [6, 6.07) is 4.29. The summed E-state index contributed by atoms with van der Waals surface area (Å²) in [4.78, 5) is 0.860. The minimum Gasteiger partial charge on any atom is -0.324 e. The summed E-state index contributed by atoms with van der Waals surface area (Å²) in [5.41, 5.74) is 6.56. The third kappa shape index (κ3) is 2.62. The Labute approximate surface area is 102 Å². The van der Waals surface area contributed by atoms with Crippen molar-refractivity contribution in [2.45, 2.75) is 23.0 Å². The average molecular weight is 253 g/mol. The van der Waals surface area contributed by atoms with Crippen LogP contribution in [0.4, 0.5) is 4.39 Å². The summed E-state index contributed by atoms with van der Waals surface area (Å²) < 4.78 is 14.7. The molecule has 0 fully saturated rings. The number of hydrogen-bond donors (Lipinski definition) is 1. The van der Waals surface area contributed by atoms with Gasteiger partial charge < -0.3 is 5.73 Å². The first-order chi connectivity index (χ1) is 8.08. The number of halogens is 1. The zero-order chi connectivity index (χ0) is 12.4. The second-order valence-corrected chi connectivity index (χ2v) is 4.67. The molecule has 0 radical (unpaired) electrons. The molecule has 2 N–H and O–H groups in total. The molecule has 2 aromatic rings. The second-order valence-electron chi connectivity index (χ2n) is 3.66. The van der Waals surface area contributed by atoms with Gasteiger partial charge in [0.15, 0.2) is 0 Å². The molecule has 0 aliphatic heterocycles. The highest BCUT2D eigenvalue weighted by molar-refractivity contribution is 7.99. The van der Waals surface area contributed by atoms with Gasteiger partial charge in [-0.15, -0.1) is 5.10 Å². The van der Waals surface area contributed by atoms with E-state index < -0.39 is 0 Å². The summed E-state index contributed by atoms with van der Waals surface area (Å²) in [5, 5.41) is 11.8. The zero-order valence-electron chi connectivity index (χ0n) is 9.46. The Bertz CT molecular complexity index is 525. The van der Waals surface area contributed by atoms with Gasteiger partial charge in [0.25, 0.3) is 0 Å². The lowest BCUT2D eigenvalue weighted by Crippen LogP contribution is -2.07. The van der Waals surface area contributed by atoms with E-state index in [1.165, 1.54) is 23.9 Å². The standard InChI is InChI=1S/C10H12FN5S/c1-6(12)8-5-7(11)3-4-9(8)17-10-13-14-15-16(10)2/h3-6H,12H2,1-2H3/t6-/m1/s1. The molecule has 17 heavy (non-hydrogen) atoms. The van der Waals surface area contributed by atoms with Crippen molar-refractivity contribution in [2.75, 3.05) is 0 Å². The Kier molecular flexibility index (Phi) is 3.39. The number of aryl methyl sites for hydroxylation is 1. The molecule has 90 valence electrons. The molecular formula is C10H12FN5S. The van der Waals surface area contributed by atoms with Gasteiger partial charge >= 0.3 is 0 Å². The van der Waals surface area contributed by atoms with Crippen LogP contribution in [0, 0.1) is 5.82 Å². The number of hydrogen-bond acceptors (Lipinski definition) is 5. The molecule has 1 aromatic carbocycles. The molecule has 0 spiro atoms. The SMILES string of the molecule is C[C@@H](N)c1cc(F)ccc1Sc1nnnn1C. The van der Waals surface area contributed by atoms with E-state index in [4.69, 9.17) is 5.73 Å². The van der Waals surface area contributed by atoms with Crippen LogP contribution in [0.3, 0.4) is 0 Å². The predicted molar refractivity (Wildman–Crippen MR) is 61.9 cm³/mol. The molecule has 7 heteroatoms. The van der Waals surface area contributed by atoms with Gasteiger partial charge in [0.2, 0.25) is 5.16 Å². The van der Waals surface area contributed by atoms with E-state index in [1.807, 2.05) is 6.92 Å². The van der Waals surface area contributed by atoms with Gasteiger partial charge in [0.05, 0.1) is 0 Å². The van der Waals surface area contributed by atoms with Gasteiger partial charge in [-0.25, -0.2) is 9.07 Å². The fourth-order valence-corrected chi connectivity index (χ4v) is 2.32. The second kappa shape index (κ2) is 4.80. The van der Waals surface area contributed by atoms with Crippen molar-refractivity contribution < 1.29 is 4.39 Å². The van der Waals surface area contributed by atoms with Crippen molar-refractivity contribution >= 4 is 11.8 Å². The van der Waals surface area contributed by atoms with E-state index in [2.05, 4.69) is 15.5 Å². The maximum Gasteiger partial charge on any atom is 0.213 e. The maximum atomic E-state index is 13.2. The first-order valence-electron chi connectivity index (χ1n) is 5.03. The topological polar surface area (TPSA) is 69.6 Å². The van der Waals surface area contributed by atoms with E-state index in [0.29, 0.717) is 5.16 Å². The van der Waals surface area contributed by atoms with Crippen LogP contribution in [0.25, 0.3) is 0 Å². The van der Waals surface area contributed by atoms with Crippen molar-refractivity contribution in [1.29, 1.82) is 0 Å². The molecule has 0 unspecified atom stereocenters. The fraction of sp³-hybridized carbons (Fsp3) is 0.300. The third-order valence-corrected chi connectivity index (χ3v) is 3.37. The Hall–Kier alpha value is -1.47. The Morgan fingerprint density at radius 3 is 2.82 bits per heavy atom. The molecule has 1 heterocycles. The zero-order valence-corrected chi connectivity index (χ0v) is 10.3. The van der Waals surface area contributed by atoms with E-state index in [1.54, 1.807) is 17.8 Å². The summed E-state index contributed by atoms with van der Waals surface area (Å²) in [6.45, 7) is 1.81. The van der Waals surface area contributed by atoms with Crippen molar-refractivity contribution in [1.82, 2.24) is 20.2 Å². The number of benzene rings is 1. The van der Waals surface area contributed by atoms with Gasteiger partial charge in [-0.2, -0.15) is 0 Å². The Morgan fingerprint density at radius 2 is 2.24 bits per heavy atom. The van der Waals surface area contributed by atoms with Crippen LogP contribution in [-0.4, -0.2) is 20.2 Å². The molecule has 0 amide bonds. The highest BCUT2D eigenvalue weighted by Crippen LogP contribution is 2.31. The summed E-state index contributed by atoms with van der Waals surface area (Å²) >= 11 is 1.36. The summed E-state index contributed by atoms with van der Waals surface area (Å²) in [7, 11) is 1.75. The number of nitrogens with zero attached hydrogens (tertiary/aromatic N) is 4. The van der Waals surface area contributed by atoms with Crippen LogP contribution < -0.4 is 5.73 Å². The summed E-state index contributed by atoms with van der Waals surface area (Å²) in [6.07, 6.45) is 0. The van der Waals surface area contributed by atoms with Gasteiger partial charge in [-0.05, 0) is 52.9 Å². The lowest BCUT2D eigenvalue weighted by atomic mass is 10.1. The monoisotopic (exact) mass is 253 g/mol. The largest absolute Gasteiger partial charge is 0.324 e. The molecular weight excluding hydrogens is 241 g/mol. The molecule has 0 bridgehead atoms. The summed E-state index contributed by atoms with van der Waals surface area (Å²) in [5.74, 6) is -0.294. The fourth-order valence-electron chi connectivity index (χ4n) is 1.37. The number of rotatable bonds is 3. The average Bonchev–Trinajstić information content (AvgIpc) is 2.67. The van der Waals surface area contributed by atoms with Crippen molar-refractivity contribution in [3.05, 3.63) is 29.6 Å². The van der Waals surface area contributed by atoms with Crippen LogP contribution in [-0.2, 0) is 7.05 Å². The van der Waals surface area contributed by atoms with Gasteiger partial charge in [-0.3, -0.25) is 0 Å². The van der Waals surface area contributed by atoms with Crippen LogP contribution >= 0.6 is 11.8 Å². The van der Waals surface area contributed by atoms with Crippen LogP contribution in [0.1, 0.15) is 18.5 Å². The molecule has 5 nitrogen and oxygen atoms in total. The smallest absolute Gasteiger partial charge is 0.213 e. The quantitative estimate of drug-likeness (QED) is 0.898. The lowest BCUT2D eigenvalue weighted by molar-refractivity contribution is 0.619. The minimum atomic E-state index is -0.294. The molecule has 1 atom stereocenters. The van der Waals surface area contributed by atoms with Crippen molar-refractivity contribution in [3.8, 4) is 0 Å². The van der Waals surface area contributed by atoms with Crippen LogP contribution in [0.2, 0.25) is 0 Å². The highest BCUT2D eigenvalue weighted by atomic mass is 32.2. The highest BCUT2D eigenvalue weighted by Gasteiger charge is 2.12. The molecule has 0 saturated carbocycles. The molecule has 0 aliphatic carbocycles. The van der Waals surface area contributed by atoms with E-state index in [-0.39, 0.29) is 11.9 Å². The normalized spacial score (nSPS) is 12.7. The number of nitrogens with two attached hydrogens (primary N) is 1. The van der Waals surface area contributed by atoms with Gasteiger partial charge in [0, 0.05) is 18.0 Å². The van der Waals surface area contributed by atoms with Gasteiger partial charge in [-0.1, -0.05) is 0 Å². The van der Waals surface area contributed by atoms with E-state index >= 15 is 0 Å². The minimum absolute atomic E-state index is 0.241. The van der Waals surface area contributed by atoms with E-state index in [0.717, 1.165) is 10.5 Å². The lowest BCUT2D eigenvalue weighted by Gasteiger charge is -2.11. The number of tetrazole rings is 1. The first kappa shape index (κ1) is 12.0.